The van der Waals surface area contributed by atoms with Gasteiger partial charge < -0.3 is 10.1 Å². The Kier molecular flexibility index (Phi) is 5.00. The fourth-order valence-electron chi connectivity index (χ4n) is 2.78. The van der Waals surface area contributed by atoms with Crippen LogP contribution >= 0.6 is 15.9 Å². The third kappa shape index (κ3) is 2.97. The number of hydrogen-bond acceptors (Lipinski definition) is 3. The first-order chi connectivity index (χ1) is 12.2. The number of hydroxylamine groups is 2. The van der Waals surface area contributed by atoms with Gasteiger partial charge in [0.2, 0.25) is 5.82 Å². The van der Waals surface area contributed by atoms with Gasteiger partial charge in [-0.15, -0.1) is 0 Å². The number of halogens is 6. The van der Waals surface area contributed by atoms with E-state index < -0.39 is 46.7 Å². The van der Waals surface area contributed by atoms with Gasteiger partial charge in [-0.1, -0.05) is 28.1 Å². The maximum absolute atomic E-state index is 13.9. The Balaban J connectivity index is 2.07. The van der Waals surface area contributed by atoms with Gasteiger partial charge in [0.05, 0.1) is 0 Å². The van der Waals surface area contributed by atoms with Crippen molar-refractivity contribution >= 4 is 21.8 Å². The van der Waals surface area contributed by atoms with E-state index >= 15 is 0 Å². The first kappa shape index (κ1) is 18.7. The second-order valence-corrected chi connectivity index (χ2v) is 6.45. The zero-order valence-electron chi connectivity index (χ0n) is 12.8. The highest BCUT2D eigenvalue weighted by Gasteiger charge is 2.40. The highest BCUT2D eigenvalue weighted by atomic mass is 79.9. The van der Waals surface area contributed by atoms with E-state index in [1.807, 2.05) is 0 Å². The number of hydrogen-bond donors (Lipinski definition) is 1. The number of carbonyl (C=O) groups excluding carboxylic acids is 1. The molecule has 2 aromatic rings. The SMILES string of the molecule is O=C(c1c(F)c(F)c(F)c(F)c1F)N1CCN(O)C1c1cccc(Br)c1. The molecule has 0 aromatic heterocycles. The summed E-state index contributed by atoms with van der Waals surface area (Å²) in [6.07, 6.45) is -1.14. The van der Waals surface area contributed by atoms with E-state index in [4.69, 9.17) is 0 Å². The molecule has 1 atom stereocenters. The summed E-state index contributed by atoms with van der Waals surface area (Å²) in [5.41, 5.74) is -1.17. The molecule has 3 rings (SSSR count). The fraction of sp³-hybridized carbons (Fsp3) is 0.188. The van der Waals surface area contributed by atoms with E-state index in [1.54, 1.807) is 24.3 Å². The van der Waals surface area contributed by atoms with Gasteiger partial charge in [0.15, 0.2) is 23.3 Å². The highest BCUT2D eigenvalue weighted by Crippen LogP contribution is 2.33. The Morgan fingerprint density at radius 2 is 1.58 bits per heavy atom. The van der Waals surface area contributed by atoms with E-state index in [9.17, 15) is 32.0 Å². The van der Waals surface area contributed by atoms with Crippen LogP contribution < -0.4 is 0 Å². The summed E-state index contributed by atoms with van der Waals surface area (Å²) in [5, 5.41) is 10.8. The predicted molar refractivity (Wildman–Crippen MR) is 82.6 cm³/mol. The number of benzene rings is 2. The van der Waals surface area contributed by atoms with Gasteiger partial charge in [-0.3, -0.25) is 4.79 Å². The van der Waals surface area contributed by atoms with Gasteiger partial charge in [-0.25, -0.2) is 22.0 Å². The van der Waals surface area contributed by atoms with E-state index in [0.29, 0.717) is 10.0 Å². The van der Waals surface area contributed by atoms with Gasteiger partial charge in [0, 0.05) is 17.6 Å². The molecular formula is C16H10BrF5N2O2. The van der Waals surface area contributed by atoms with Gasteiger partial charge in [-0.05, 0) is 17.7 Å². The van der Waals surface area contributed by atoms with Crippen LogP contribution in [0.1, 0.15) is 22.1 Å². The molecule has 26 heavy (non-hydrogen) atoms. The minimum absolute atomic E-state index is 0.0711. The molecule has 1 heterocycles. The molecular weight excluding hydrogens is 427 g/mol. The third-order valence-electron chi connectivity index (χ3n) is 3.98. The normalized spacial score (nSPS) is 17.8. The summed E-state index contributed by atoms with van der Waals surface area (Å²) in [6.45, 7) is -0.246. The number of amides is 1. The van der Waals surface area contributed by atoms with Crippen LogP contribution in [0.15, 0.2) is 28.7 Å². The van der Waals surface area contributed by atoms with Crippen LogP contribution in [0.4, 0.5) is 22.0 Å². The van der Waals surface area contributed by atoms with Crippen LogP contribution in [0, 0.1) is 29.1 Å². The molecule has 0 aliphatic carbocycles. The van der Waals surface area contributed by atoms with Crippen molar-refractivity contribution < 1.29 is 32.0 Å². The van der Waals surface area contributed by atoms with Crippen molar-refractivity contribution in [1.29, 1.82) is 0 Å². The Bertz CT molecular complexity index is 866. The van der Waals surface area contributed by atoms with Crippen LogP contribution in [0.3, 0.4) is 0 Å². The van der Waals surface area contributed by atoms with Crippen LogP contribution in [0.5, 0.6) is 0 Å². The average molecular weight is 437 g/mol. The second kappa shape index (κ2) is 6.93. The monoisotopic (exact) mass is 436 g/mol. The second-order valence-electron chi connectivity index (χ2n) is 5.54. The standard InChI is InChI=1S/C16H10BrF5N2O2/c17-8-3-1-2-7(6-8)15-23(4-5-24(15)26)16(25)9-10(18)12(20)14(22)13(21)11(9)19/h1-3,6,15,26H,4-5H2. The Morgan fingerprint density at radius 3 is 2.15 bits per heavy atom. The first-order valence-electron chi connectivity index (χ1n) is 7.27. The molecule has 1 amide bonds. The molecule has 0 saturated carbocycles. The van der Waals surface area contributed by atoms with Crippen molar-refractivity contribution in [3.05, 3.63) is 69.0 Å². The molecule has 4 nitrogen and oxygen atoms in total. The van der Waals surface area contributed by atoms with Gasteiger partial charge in [-0.2, -0.15) is 5.06 Å². The van der Waals surface area contributed by atoms with Gasteiger partial charge in [0.25, 0.3) is 5.91 Å². The highest BCUT2D eigenvalue weighted by molar-refractivity contribution is 9.10. The summed E-state index contributed by atoms with van der Waals surface area (Å²) in [4.78, 5) is 13.4. The third-order valence-corrected chi connectivity index (χ3v) is 4.47. The molecule has 0 radical (unpaired) electrons. The lowest BCUT2D eigenvalue weighted by Crippen LogP contribution is -2.35. The van der Waals surface area contributed by atoms with Gasteiger partial charge in [0.1, 0.15) is 11.7 Å². The first-order valence-corrected chi connectivity index (χ1v) is 8.06. The topological polar surface area (TPSA) is 43.8 Å². The fourth-order valence-corrected chi connectivity index (χ4v) is 3.20. The molecule has 0 bridgehead atoms. The quantitative estimate of drug-likeness (QED) is 0.439. The average Bonchev–Trinajstić information content (AvgIpc) is 3.00. The molecule has 0 spiro atoms. The number of nitrogens with zero attached hydrogens (tertiary/aromatic N) is 2. The van der Waals surface area contributed by atoms with E-state index in [2.05, 4.69) is 15.9 Å². The minimum Gasteiger partial charge on any atom is -0.315 e. The van der Waals surface area contributed by atoms with E-state index in [0.717, 1.165) is 9.96 Å². The number of rotatable bonds is 2. The number of carbonyl (C=O) groups is 1. The lowest BCUT2D eigenvalue weighted by Gasteiger charge is -2.27. The zero-order chi connectivity index (χ0) is 19.2. The van der Waals surface area contributed by atoms with Crippen molar-refractivity contribution in [3.63, 3.8) is 0 Å². The van der Waals surface area contributed by atoms with E-state index in [1.165, 1.54) is 0 Å². The van der Waals surface area contributed by atoms with Crippen LogP contribution in [-0.4, -0.2) is 34.2 Å². The van der Waals surface area contributed by atoms with Crippen molar-refractivity contribution in [2.75, 3.05) is 13.1 Å². The molecule has 138 valence electrons. The molecule has 1 aliphatic heterocycles. The smallest absolute Gasteiger partial charge is 0.261 e. The molecule has 1 aliphatic rings. The lowest BCUT2D eigenvalue weighted by molar-refractivity contribution is -0.122. The summed E-state index contributed by atoms with van der Waals surface area (Å²) in [7, 11) is 0. The lowest BCUT2D eigenvalue weighted by atomic mass is 10.1. The molecule has 1 saturated heterocycles. The zero-order valence-corrected chi connectivity index (χ0v) is 14.4. The molecule has 1 N–H and O–H groups in total. The van der Waals surface area contributed by atoms with Crippen molar-refractivity contribution in [1.82, 2.24) is 9.96 Å². The van der Waals surface area contributed by atoms with Crippen molar-refractivity contribution in [2.24, 2.45) is 0 Å². The molecule has 1 fully saturated rings. The summed E-state index contributed by atoms with van der Waals surface area (Å²) < 4.78 is 68.5. The molecule has 1 unspecified atom stereocenters. The Hall–Kier alpha value is -2.04. The summed E-state index contributed by atoms with van der Waals surface area (Å²) in [5.74, 6) is -12.6. The Labute approximate surface area is 152 Å². The van der Waals surface area contributed by atoms with Crippen LogP contribution in [-0.2, 0) is 0 Å². The van der Waals surface area contributed by atoms with Crippen LogP contribution in [0.25, 0.3) is 0 Å². The largest absolute Gasteiger partial charge is 0.315 e. The van der Waals surface area contributed by atoms with Crippen LogP contribution in [0.2, 0.25) is 0 Å². The maximum Gasteiger partial charge on any atom is 0.261 e. The minimum atomic E-state index is -2.34. The summed E-state index contributed by atoms with van der Waals surface area (Å²) >= 11 is 3.22. The van der Waals surface area contributed by atoms with Gasteiger partial charge >= 0.3 is 0 Å². The van der Waals surface area contributed by atoms with E-state index in [-0.39, 0.29) is 13.1 Å². The molecule has 10 heteroatoms. The van der Waals surface area contributed by atoms with Crippen molar-refractivity contribution in [2.45, 2.75) is 6.17 Å². The maximum atomic E-state index is 13.9. The Morgan fingerprint density at radius 1 is 1.00 bits per heavy atom. The van der Waals surface area contributed by atoms with Crippen molar-refractivity contribution in [3.8, 4) is 0 Å². The molecule has 2 aromatic carbocycles. The summed E-state index contributed by atoms with van der Waals surface area (Å²) in [6, 6.07) is 6.38. The predicted octanol–water partition coefficient (Wildman–Crippen LogP) is 3.99.